The molecule has 118 valence electrons. The van der Waals surface area contributed by atoms with Gasteiger partial charge in [0.05, 0.1) is 5.69 Å². The molecule has 1 atom stereocenters. The van der Waals surface area contributed by atoms with Crippen molar-refractivity contribution < 1.29 is 19.1 Å². The number of ether oxygens (including phenoxy) is 1. The third-order valence-electron chi connectivity index (χ3n) is 3.09. The first-order valence-electron chi connectivity index (χ1n) is 7.19. The van der Waals surface area contributed by atoms with E-state index in [1.807, 2.05) is 6.07 Å². The lowest BCUT2D eigenvalue weighted by atomic mass is 10.1. The minimum absolute atomic E-state index is 0.0799. The molecule has 0 aromatic heterocycles. The van der Waals surface area contributed by atoms with Gasteiger partial charge in [0.2, 0.25) is 0 Å². The molecule has 1 heterocycles. The van der Waals surface area contributed by atoms with Gasteiger partial charge in [-0.3, -0.25) is 9.59 Å². The molecule has 1 aliphatic rings. The fourth-order valence-corrected chi connectivity index (χ4v) is 2.20. The van der Waals surface area contributed by atoms with Crippen LogP contribution in [0.3, 0.4) is 0 Å². The molecule has 1 aromatic carbocycles. The van der Waals surface area contributed by atoms with Crippen molar-refractivity contribution in [2.75, 3.05) is 4.90 Å². The number of imide groups is 1. The summed E-state index contributed by atoms with van der Waals surface area (Å²) in [6.07, 6.45) is 0.305. The smallest absolute Gasteiger partial charge is 0.329 e. The molecule has 2 rings (SSSR count). The molecule has 0 aliphatic carbocycles. The Bertz CT molecular complexity index is 578. The molecule has 6 nitrogen and oxygen atoms in total. The van der Waals surface area contributed by atoms with Crippen molar-refractivity contribution in [3.63, 3.8) is 0 Å². The largest absolute Gasteiger partial charge is 0.460 e. The quantitative estimate of drug-likeness (QED) is 0.683. The lowest BCUT2D eigenvalue weighted by molar-refractivity contribution is -0.155. The molecular weight excluding hydrogens is 284 g/mol. The van der Waals surface area contributed by atoms with Crippen molar-refractivity contribution in [2.24, 2.45) is 0 Å². The van der Waals surface area contributed by atoms with Crippen molar-refractivity contribution in [1.29, 1.82) is 0 Å². The van der Waals surface area contributed by atoms with Crippen LogP contribution in [0.2, 0.25) is 0 Å². The van der Waals surface area contributed by atoms with Crippen LogP contribution in [-0.2, 0) is 14.3 Å². The third-order valence-corrected chi connectivity index (χ3v) is 3.09. The van der Waals surface area contributed by atoms with Crippen LogP contribution in [0.25, 0.3) is 0 Å². The second kappa shape index (κ2) is 6.17. The minimum Gasteiger partial charge on any atom is -0.460 e. The number of hydrogen-bond acceptors (Lipinski definition) is 4. The van der Waals surface area contributed by atoms with Crippen molar-refractivity contribution >= 4 is 23.6 Å². The van der Waals surface area contributed by atoms with Gasteiger partial charge in [-0.15, -0.1) is 0 Å². The summed E-state index contributed by atoms with van der Waals surface area (Å²) in [6.45, 7) is 5.35. The van der Waals surface area contributed by atoms with Crippen LogP contribution in [0.4, 0.5) is 10.5 Å². The summed E-state index contributed by atoms with van der Waals surface area (Å²) in [4.78, 5) is 37.0. The van der Waals surface area contributed by atoms with Crippen LogP contribution >= 0.6 is 0 Å². The van der Waals surface area contributed by atoms with E-state index in [2.05, 4.69) is 5.32 Å². The maximum Gasteiger partial charge on any atom is 0.329 e. The number of hydrogen-bond donors (Lipinski definition) is 1. The summed E-state index contributed by atoms with van der Waals surface area (Å²) < 4.78 is 5.19. The SMILES string of the molecule is CC(C)(C)OC(=O)CC[C@@H]1NC(=O)N(c2ccccc2)C1=O. The van der Waals surface area contributed by atoms with Crippen LogP contribution in [0.1, 0.15) is 33.6 Å². The summed E-state index contributed by atoms with van der Waals surface area (Å²) in [5.41, 5.74) is -0.0411. The van der Waals surface area contributed by atoms with E-state index in [4.69, 9.17) is 4.74 Å². The highest BCUT2D eigenvalue weighted by molar-refractivity contribution is 6.21. The van der Waals surface area contributed by atoms with Crippen LogP contribution in [-0.4, -0.2) is 29.6 Å². The molecule has 1 saturated heterocycles. The lowest BCUT2D eigenvalue weighted by Gasteiger charge is -2.19. The highest BCUT2D eigenvalue weighted by atomic mass is 16.6. The van der Waals surface area contributed by atoms with Crippen LogP contribution < -0.4 is 10.2 Å². The number of urea groups is 1. The van der Waals surface area contributed by atoms with E-state index in [0.29, 0.717) is 5.69 Å². The number of nitrogens with one attached hydrogen (secondary N) is 1. The second-order valence-corrected chi connectivity index (χ2v) is 6.14. The number of anilines is 1. The zero-order valence-electron chi connectivity index (χ0n) is 13.0. The number of nitrogens with zero attached hydrogens (tertiary/aromatic N) is 1. The molecule has 3 amide bonds. The highest BCUT2D eigenvalue weighted by Crippen LogP contribution is 2.21. The first-order valence-corrected chi connectivity index (χ1v) is 7.19. The minimum atomic E-state index is -0.694. The Labute approximate surface area is 129 Å². The summed E-state index contributed by atoms with van der Waals surface area (Å²) >= 11 is 0. The molecule has 0 unspecified atom stereocenters. The molecule has 0 spiro atoms. The number of carbonyl (C=O) groups is 3. The fourth-order valence-electron chi connectivity index (χ4n) is 2.20. The van der Waals surface area contributed by atoms with E-state index >= 15 is 0 Å². The number of amides is 3. The molecule has 22 heavy (non-hydrogen) atoms. The number of para-hydroxylation sites is 1. The lowest BCUT2D eigenvalue weighted by Crippen LogP contribution is -2.32. The predicted octanol–water partition coefficient (Wildman–Crippen LogP) is 2.23. The Morgan fingerprint density at radius 1 is 1.23 bits per heavy atom. The van der Waals surface area contributed by atoms with E-state index in [1.54, 1.807) is 45.0 Å². The summed E-state index contributed by atoms with van der Waals surface area (Å²) in [5.74, 6) is -0.729. The number of rotatable bonds is 4. The molecule has 6 heteroatoms. The van der Waals surface area contributed by atoms with E-state index < -0.39 is 17.7 Å². The van der Waals surface area contributed by atoms with Gasteiger partial charge in [0.25, 0.3) is 5.91 Å². The van der Waals surface area contributed by atoms with Gasteiger partial charge in [0, 0.05) is 6.42 Å². The maximum atomic E-state index is 12.3. The maximum absolute atomic E-state index is 12.3. The van der Waals surface area contributed by atoms with Crippen LogP contribution in [0.5, 0.6) is 0 Å². The van der Waals surface area contributed by atoms with Gasteiger partial charge in [-0.2, -0.15) is 0 Å². The van der Waals surface area contributed by atoms with Crippen molar-refractivity contribution in [1.82, 2.24) is 5.32 Å². The van der Waals surface area contributed by atoms with Gasteiger partial charge < -0.3 is 10.1 Å². The molecule has 1 aromatic rings. The first kappa shape index (κ1) is 16.0. The average molecular weight is 304 g/mol. The average Bonchev–Trinajstić information content (AvgIpc) is 2.70. The van der Waals surface area contributed by atoms with Crippen molar-refractivity contribution in [2.45, 2.75) is 45.3 Å². The molecule has 0 radical (unpaired) electrons. The number of esters is 1. The van der Waals surface area contributed by atoms with E-state index in [0.717, 1.165) is 4.90 Å². The topological polar surface area (TPSA) is 75.7 Å². The Balaban J connectivity index is 1.96. The van der Waals surface area contributed by atoms with Gasteiger partial charge in [0.1, 0.15) is 11.6 Å². The van der Waals surface area contributed by atoms with E-state index in [1.165, 1.54) is 0 Å². The van der Waals surface area contributed by atoms with Gasteiger partial charge in [0.15, 0.2) is 0 Å². The normalized spacial score (nSPS) is 18.3. The van der Waals surface area contributed by atoms with Crippen LogP contribution in [0.15, 0.2) is 30.3 Å². The Hall–Kier alpha value is -2.37. The van der Waals surface area contributed by atoms with Gasteiger partial charge >= 0.3 is 12.0 Å². The van der Waals surface area contributed by atoms with E-state index in [-0.39, 0.29) is 24.7 Å². The summed E-state index contributed by atoms with van der Waals surface area (Å²) in [7, 11) is 0. The number of benzene rings is 1. The second-order valence-electron chi connectivity index (χ2n) is 6.14. The summed E-state index contributed by atoms with van der Waals surface area (Å²) in [6, 6.07) is 7.53. The fraction of sp³-hybridized carbons (Fsp3) is 0.438. The van der Waals surface area contributed by atoms with Gasteiger partial charge in [-0.1, -0.05) is 18.2 Å². The van der Waals surface area contributed by atoms with E-state index in [9.17, 15) is 14.4 Å². The van der Waals surface area contributed by atoms with Crippen LogP contribution in [0, 0.1) is 0 Å². The molecule has 1 fully saturated rings. The predicted molar refractivity (Wildman–Crippen MR) is 81.3 cm³/mol. The molecule has 0 bridgehead atoms. The van der Waals surface area contributed by atoms with Gasteiger partial charge in [-0.25, -0.2) is 9.69 Å². The molecule has 1 aliphatic heterocycles. The monoisotopic (exact) mass is 304 g/mol. The Kier molecular flexibility index (Phi) is 4.49. The molecule has 0 saturated carbocycles. The Morgan fingerprint density at radius 2 is 1.86 bits per heavy atom. The number of carbonyl (C=O) groups excluding carboxylic acids is 3. The molecular formula is C16H20N2O4. The zero-order chi connectivity index (χ0) is 16.3. The first-order chi connectivity index (χ1) is 10.3. The molecule has 1 N–H and O–H groups in total. The highest BCUT2D eigenvalue weighted by Gasteiger charge is 2.39. The summed E-state index contributed by atoms with van der Waals surface area (Å²) in [5, 5.41) is 2.60. The Morgan fingerprint density at radius 3 is 2.45 bits per heavy atom. The zero-order valence-corrected chi connectivity index (χ0v) is 13.0. The van der Waals surface area contributed by atoms with Crippen molar-refractivity contribution in [3.05, 3.63) is 30.3 Å². The third kappa shape index (κ3) is 3.84. The van der Waals surface area contributed by atoms with Crippen molar-refractivity contribution in [3.8, 4) is 0 Å². The standard InChI is InChI=1S/C16H20N2O4/c1-16(2,3)22-13(19)10-9-12-14(20)18(15(21)17-12)11-7-5-4-6-8-11/h4-8,12H,9-10H2,1-3H3,(H,17,21)/t12-/m0/s1. The van der Waals surface area contributed by atoms with Gasteiger partial charge in [-0.05, 0) is 39.3 Å².